The number of ether oxygens (including phenoxy) is 1. The number of carbonyl (C=O) groups excluding carboxylic acids is 1. The van der Waals surface area contributed by atoms with Crippen molar-refractivity contribution in [2.75, 3.05) is 6.61 Å². The molecule has 1 fully saturated rings. The first-order valence-electron chi connectivity index (χ1n) is 5.38. The van der Waals surface area contributed by atoms with Crippen LogP contribution in [0, 0.1) is 11.8 Å². The van der Waals surface area contributed by atoms with Gasteiger partial charge in [0.15, 0.2) is 0 Å². The van der Waals surface area contributed by atoms with Crippen molar-refractivity contribution in [3.8, 4) is 0 Å². The molecule has 0 N–H and O–H groups in total. The van der Waals surface area contributed by atoms with E-state index in [4.69, 9.17) is 4.74 Å². The van der Waals surface area contributed by atoms with E-state index < -0.39 is 0 Å². The van der Waals surface area contributed by atoms with Crippen LogP contribution in [0.3, 0.4) is 0 Å². The van der Waals surface area contributed by atoms with Gasteiger partial charge in [0.25, 0.3) is 0 Å². The van der Waals surface area contributed by atoms with E-state index in [1.807, 2.05) is 6.92 Å². The van der Waals surface area contributed by atoms with E-state index in [1.54, 1.807) is 0 Å². The first kappa shape index (κ1) is 10.6. The monoisotopic (exact) mass is 184 g/mol. The summed E-state index contributed by atoms with van der Waals surface area (Å²) in [5, 5.41) is 0. The van der Waals surface area contributed by atoms with Crippen LogP contribution in [0.15, 0.2) is 0 Å². The van der Waals surface area contributed by atoms with Crippen LogP contribution in [0.1, 0.15) is 46.0 Å². The van der Waals surface area contributed by atoms with Gasteiger partial charge in [-0.05, 0) is 24.7 Å². The molecule has 2 nitrogen and oxygen atoms in total. The van der Waals surface area contributed by atoms with E-state index in [2.05, 4.69) is 6.92 Å². The highest BCUT2D eigenvalue weighted by atomic mass is 16.5. The van der Waals surface area contributed by atoms with Gasteiger partial charge in [0.1, 0.15) is 0 Å². The van der Waals surface area contributed by atoms with Crippen molar-refractivity contribution in [3.63, 3.8) is 0 Å². The fraction of sp³-hybridized carbons (Fsp3) is 0.909. The SMILES string of the molecule is CCC(=O)OCCC1CCC(C)C1. The van der Waals surface area contributed by atoms with Gasteiger partial charge in [-0.2, -0.15) is 0 Å². The lowest BCUT2D eigenvalue weighted by molar-refractivity contribution is -0.143. The molecule has 2 atom stereocenters. The molecular formula is C11H20O2. The molecule has 0 aromatic rings. The lowest BCUT2D eigenvalue weighted by atomic mass is 10.0. The van der Waals surface area contributed by atoms with E-state index in [9.17, 15) is 4.79 Å². The highest BCUT2D eigenvalue weighted by molar-refractivity contribution is 5.68. The van der Waals surface area contributed by atoms with Crippen molar-refractivity contribution in [2.24, 2.45) is 11.8 Å². The first-order valence-corrected chi connectivity index (χ1v) is 5.38. The molecule has 0 radical (unpaired) electrons. The molecule has 0 spiro atoms. The van der Waals surface area contributed by atoms with E-state index >= 15 is 0 Å². The van der Waals surface area contributed by atoms with Gasteiger partial charge in [-0.15, -0.1) is 0 Å². The first-order chi connectivity index (χ1) is 6.22. The van der Waals surface area contributed by atoms with Gasteiger partial charge in [0.2, 0.25) is 0 Å². The van der Waals surface area contributed by atoms with E-state index in [0.29, 0.717) is 13.0 Å². The van der Waals surface area contributed by atoms with E-state index in [-0.39, 0.29) is 5.97 Å². The van der Waals surface area contributed by atoms with Gasteiger partial charge in [0.05, 0.1) is 6.61 Å². The maximum atomic E-state index is 10.8. The van der Waals surface area contributed by atoms with Gasteiger partial charge in [-0.3, -0.25) is 4.79 Å². The van der Waals surface area contributed by atoms with Crippen LogP contribution in [0.5, 0.6) is 0 Å². The molecule has 1 aliphatic carbocycles. The van der Waals surface area contributed by atoms with Crippen molar-refractivity contribution in [1.29, 1.82) is 0 Å². The summed E-state index contributed by atoms with van der Waals surface area (Å²) in [4.78, 5) is 10.8. The van der Waals surface area contributed by atoms with Crippen LogP contribution in [0.25, 0.3) is 0 Å². The number of esters is 1. The predicted octanol–water partition coefficient (Wildman–Crippen LogP) is 2.77. The normalized spacial score (nSPS) is 27.5. The van der Waals surface area contributed by atoms with Crippen LogP contribution >= 0.6 is 0 Å². The second kappa shape index (κ2) is 5.25. The molecule has 0 amide bonds. The summed E-state index contributed by atoms with van der Waals surface area (Å²) in [6, 6.07) is 0. The Balaban J connectivity index is 2.03. The highest BCUT2D eigenvalue weighted by Gasteiger charge is 2.20. The average molecular weight is 184 g/mol. The Morgan fingerprint density at radius 2 is 2.23 bits per heavy atom. The zero-order chi connectivity index (χ0) is 9.68. The Morgan fingerprint density at radius 3 is 2.77 bits per heavy atom. The quantitative estimate of drug-likeness (QED) is 0.628. The molecule has 0 aromatic carbocycles. The fourth-order valence-corrected chi connectivity index (χ4v) is 2.03. The molecular weight excluding hydrogens is 164 g/mol. The van der Waals surface area contributed by atoms with Gasteiger partial charge in [-0.1, -0.05) is 26.7 Å². The molecule has 13 heavy (non-hydrogen) atoms. The number of hydrogen-bond acceptors (Lipinski definition) is 2. The maximum Gasteiger partial charge on any atom is 0.305 e. The lowest BCUT2D eigenvalue weighted by Crippen LogP contribution is -2.07. The van der Waals surface area contributed by atoms with Crippen molar-refractivity contribution in [3.05, 3.63) is 0 Å². The Morgan fingerprint density at radius 1 is 1.46 bits per heavy atom. The standard InChI is InChI=1S/C11H20O2/c1-3-11(12)13-7-6-10-5-4-9(2)8-10/h9-10H,3-8H2,1-2H3. The third-order valence-corrected chi connectivity index (χ3v) is 2.88. The predicted molar refractivity (Wildman–Crippen MR) is 52.4 cm³/mol. The molecule has 2 unspecified atom stereocenters. The molecule has 1 saturated carbocycles. The maximum absolute atomic E-state index is 10.8. The van der Waals surface area contributed by atoms with E-state index in [1.165, 1.54) is 19.3 Å². The fourth-order valence-electron chi connectivity index (χ4n) is 2.03. The van der Waals surface area contributed by atoms with Gasteiger partial charge >= 0.3 is 5.97 Å². The van der Waals surface area contributed by atoms with Gasteiger partial charge in [-0.25, -0.2) is 0 Å². The van der Waals surface area contributed by atoms with Gasteiger partial charge in [0, 0.05) is 6.42 Å². The molecule has 1 rings (SSSR count). The van der Waals surface area contributed by atoms with Crippen LogP contribution in [-0.4, -0.2) is 12.6 Å². The Kier molecular flexibility index (Phi) is 4.26. The summed E-state index contributed by atoms with van der Waals surface area (Å²) < 4.78 is 5.05. The number of carbonyl (C=O) groups is 1. The molecule has 2 heteroatoms. The Bertz CT molecular complexity index is 165. The Labute approximate surface area is 80.7 Å². The second-order valence-electron chi connectivity index (χ2n) is 4.15. The van der Waals surface area contributed by atoms with Crippen LogP contribution in [0.4, 0.5) is 0 Å². The van der Waals surface area contributed by atoms with Crippen LogP contribution in [-0.2, 0) is 9.53 Å². The molecule has 76 valence electrons. The zero-order valence-corrected chi connectivity index (χ0v) is 8.71. The van der Waals surface area contributed by atoms with Crippen molar-refractivity contribution >= 4 is 5.97 Å². The van der Waals surface area contributed by atoms with Gasteiger partial charge < -0.3 is 4.74 Å². The minimum Gasteiger partial charge on any atom is -0.466 e. The van der Waals surface area contributed by atoms with Crippen LogP contribution in [0.2, 0.25) is 0 Å². The molecule has 0 heterocycles. The minimum atomic E-state index is -0.0638. The largest absolute Gasteiger partial charge is 0.466 e. The third-order valence-electron chi connectivity index (χ3n) is 2.88. The lowest BCUT2D eigenvalue weighted by Gasteiger charge is -2.09. The molecule has 0 aromatic heterocycles. The highest BCUT2D eigenvalue weighted by Crippen LogP contribution is 2.32. The molecule has 0 saturated heterocycles. The summed E-state index contributed by atoms with van der Waals surface area (Å²) in [5.41, 5.74) is 0. The third kappa shape index (κ3) is 3.79. The molecule has 0 aliphatic heterocycles. The van der Waals surface area contributed by atoms with Crippen molar-refractivity contribution in [2.45, 2.75) is 46.0 Å². The average Bonchev–Trinajstić information content (AvgIpc) is 2.51. The zero-order valence-electron chi connectivity index (χ0n) is 8.71. The summed E-state index contributed by atoms with van der Waals surface area (Å²) in [5.74, 6) is 1.62. The summed E-state index contributed by atoms with van der Waals surface area (Å²) >= 11 is 0. The Hall–Kier alpha value is -0.530. The topological polar surface area (TPSA) is 26.3 Å². The number of rotatable bonds is 4. The summed E-state index contributed by atoms with van der Waals surface area (Å²) in [7, 11) is 0. The van der Waals surface area contributed by atoms with Crippen molar-refractivity contribution in [1.82, 2.24) is 0 Å². The minimum absolute atomic E-state index is 0.0638. The van der Waals surface area contributed by atoms with E-state index in [0.717, 1.165) is 18.3 Å². The second-order valence-corrected chi connectivity index (χ2v) is 4.15. The number of hydrogen-bond donors (Lipinski definition) is 0. The summed E-state index contributed by atoms with van der Waals surface area (Å²) in [6.07, 6.45) is 5.57. The van der Waals surface area contributed by atoms with Crippen LogP contribution < -0.4 is 0 Å². The summed E-state index contributed by atoms with van der Waals surface area (Å²) in [6.45, 7) is 4.77. The molecule has 1 aliphatic rings. The van der Waals surface area contributed by atoms with Crippen molar-refractivity contribution < 1.29 is 9.53 Å². The molecule has 0 bridgehead atoms. The smallest absolute Gasteiger partial charge is 0.305 e.